The molecule has 3 N–H and O–H groups in total. The summed E-state index contributed by atoms with van der Waals surface area (Å²) in [5.41, 5.74) is 0.666. The van der Waals surface area contributed by atoms with Gasteiger partial charge in [0.2, 0.25) is 0 Å². The van der Waals surface area contributed by atoms with Crippen molar-refractivity contribution in [3.8, 4) is 0 Å². The number of rotatable bonds is 2. The Morgan fingerprint density at radius 1 is 1.44 bits per heavy atom. The van der Waals surface area contributed by atoms with Crippen molar-refractivity contribution in [2.45, 2.75) is 6.92 Å². The van der Waals surface area contributed by atoms with E-state index in [0.717, 1.165) is 0 Å². The van der Waals surface area contributed by atoms with Crippen molar-refractivity contribution >= 4 is 27.5 Å². The van der Waals surface area contributed by atoms with Gasteiger partial charge in [0, 0.05) is 11.9 Å². The van der Waals surface area contributed by atoms with Crippen LogP contribution in [0.2, 0.25) is 0 Å². The third-order valence-corrected chi connectivity index (χ3v) is 2.96. The first-order chi connectivity index (χ1) is 8.47. The van der Waals surface area contributed by atoms with Crippen molar-refractivity contribution in [2.75, 3.05) is 5.32 Å². The fourth-order valence-electron chi connectivity index (χ4n) is 1.43. The molecule has 0 saturated heterocycles. The second-order valence-electron chi connectivity index (χ2n) is 3.69. The predicted octanol–water partition coefficient (Wildman–Crippen LogP) is 2.17. The van der Waals surface area contributed by atoms with E-state index in [1.165, 1.54) is 12.3 Å². The lowest BCUT2D eigenvalue weighted by molar-refractivity contribution is 0.102. The summed E-state index contributed by atoms with van der Waals surface area (Å²) in [5, 5.41) is 2.52. The first-order valence-corrected chi connectivity index (χ1v) is 5.81. The Hall–Kier alpha value is -1.89. The van der Waals surface area contributed by atoms with Gasteiger partial charge in [-0.2, -0.15) is 0 Å². The van der Waals surface area contributed by atoms with Gasteiger partial charge >= 0.3 is 5.69 Å². The maximum Gasteiger partial charge on any atom is 0.323 e. The molecule has 1 heterocycles. The van der Waals surface area contributed by atoms with Crippen LogP contribution in [0.4, 0.5) is 10.1 Å². The number of imidazole rings is 1. The van der Waals surface area contributed by atoms with Crippen LogP contribution in [0.15, 0.2) is 27.6 Å². The topological polar surface area (TPSA) is 77.8 Å². The van der Waals surface area contributed by atoms with Gasteiger partial charge in [-0.05, 0) is 40.5 Å². The van der Waals surface area contributed by atoms with E-state index in [4.69, 9.17) is 0 Å². The molecule has 0 saturated carbocycles. The predicted molar refractivity (Wildman–Crippen MR) is 68.2 cm³/mol. The summed E-state index contributed by atoms with van der Waals surface area (Å²) in [6, 6.07) is 2.77. The van der Waals surface area contributed by atoms with Gasteiger partial charge in [-0.1, -0.05) is 0 Å². The van der Waals surface area contributed by atoms with Crippen LogP contribution in [0.25, 0.3) is 0 Å². The van der Waals surface area contributed by atoms with E-state index in [-0.39, 0.29) is 5.69 Å². The molecule has 0 atom stereocenters. The van der Waals surface area contributed by atoms with Crippen LogP contribution in [0.1, 0.15) is 16.1 Å². The molecule has 0 fully saturated rings. The molecule has 0 aliphatic heterocycles. The molecule has 1 aromatic heterocycles. The quantitative estimate of drug-likeness (QED) is 0.794. The maximum absolute atomic E-state index is 13.4. The zero-order chi connectivity index (χ0) is 13.3. The average Bonchev–Trinajstić information content (AvgIpc) is 2.73. The average molecular weight is 314 g/mol. The number of carbonyl (C=O) groups excluding carboxylic acids is 1. The Kier molecular flexibility index (Phi) is 3.33. The number of amides is 1. The van der Waals surface area contributed by atoms with Crippen molar-refractivity contribution in [1.82, 2.24) is 9.97 Å². The van der Waals surface area contributed by atoms with E-state index < -0.39 is 17.4 Å². The molecule has 94 valence electrons. The van der Waals surface area contributed by atoms with Crippen LogP contribution in [0.3, 0.4) is 0 Å². The molecule has 2 rings (SSSR count). The van der Waals surface area contributed by atoms with E-state index >= 15 is 0 Å². The van der Waals surface area contributed by atoms with Gasteiger partial charge in [0.05, 0.1) is 4.47 Å². The Labute approximate surface area is 110 Å². The smallest absolute Gasteiger partial charge is 0.320 e. The highest BCUT2D eigenvalue weighted by atomic mass is 79.9. The molecule has 0 unspecified atom stereocenters. The number of hydrogen-bond acceptors (Lipinski definition) is 2. The lowest BCUT2D eigenvalue weighted by atomic mass is 10.2. The molecule has 0 aliphatic carbocycles. The van der Waals surface area contributed by atoms with E-state index in [1.807, 2.05) is 0 Å². The second-order valence-corrected chi connectivity index (χ2v) is 4.55. The summed E-state index contributed by atoms with van der Waals surface area (Å²) in [6.07, 6.45) is 1.25. The second kappa shape index (κ2) is 4.77. The molecular weight excluding hydrogens is 305 g/mol. The van der Waals surface area contributed by atoms with E-state index in [0.29, 0.717) is 15.7 Å². The Bertz CT molecular complexity index is 663. The summed E-state index contributed by atoms with van der Waals surface area (Å²) >= 11 is 3.05. The number of carbonyl (C=O) groups is 1. The number of aromatic nitrogens is 2. The van der Waals surface area contributed by atoms with Crippen LogP contribution in [-0.2, 0) is 0 Å². The molecule has 18 heavy (non-hydrogen) atoms. The minimum Gasteiger partial charge on any atom is -0.320 e. The molecule has 0 radical (unpaired) electrons. The number of aromatic amines is 2. The van der Waals surface area contributed by atoms with Gasteiger partial charge in [-0.3, -0.25) is 4.79 Å². The number of aryl methyl sites for hydroxylation is 1. The minimum absolute atomic E-state index is 0.0859. The highest BCUT2D eigenvalue weighted by molar-refractivity contribution is 9.10. The van der Waals surface area contributed by atoms with Gasteiger partial charge in [0.15, 0.2) is 0 Å². The standard InChI is InChI=1S/C11H9BrFN3O2/c1-5-2-6(12)7(13)3-8(5)15-10(17)9-4-14-11(18)16-9/h2-4H,1H3,(H,15,17)(H2,14,16,18). The van der Waals surface area contributed by atoms with Crippen molar-refractivity contribution < 1.29 is 9.18 Å². The number of halogens is 2. The van der Waals surface area contributed by atoms with Crippen molar-refractivity contribution in [3.05, 3.63) is 50.4 Å². The first-order valence-electron chi connectivity index (χ1n) is 5.02. The van der Waals surface area contributed by atoms with Gasteiger partial charge in [-0.15, -0.1) is 0 Å². The Morgan fingerprint density at radius 2 is 2.17 bits per heavy atom. The van der Waals surface area contributed by atoms with Crippen LogP contribution < -0.4 is 11.0 Å². The largest absolute Gasteiger partial charge is 0.323 e. The zero-order valence-corrected chi connectivity index (χ0v) is 10.9. The number of hydrogen-bond donors (Lipinski definition) is 3. The third kappa shape index (κ3) is 2.51. The summed E-state index contributed by atoms with van der Waals surface area (Å²) in [7, 11) is 0. The highest BCUT2D eigenvalue weighted by Gasteiger charge is 2.11. The zero-order valence-electron chi connectivity index (χ0n) is 9.30. The van der Waals surface area contributed by atoms with E-state index in [2.05, 4.69) is 31.2 Å². The van der Waals surface area contributed by atoms with Crippen molar-refractivity contribution in [2.24, 2.45) is 0 Å². The van der Waals surface area contributed by atoms with Crippen molar-refractivity contribution in [3.63, 3.8) is 0 Å². The van der Waals surface area contributed by atoms with Gasteiger partial charge in [-0.25, -0.2) is 9.18 Å². The van der Waals surface area contributed by atoms with Gasteiger partial charge in [0.25, 0.3) is 5.91 Å². The number of nitrogens with one attached hydrogen (secondary N) is 3. The molecule has 0 spiro atoms. The van der Waals surface area contributed by atoms with Crippen molar-refractivity contribution in [1.29, 1.82) is 0 Å². The molecule has 2 aromatic rings. The monoisotopic (exact) mass is 313 g/mol. The number of H-pyrrole nitrogens is 2. The fourth-order valence-corrected chi connectivity index (χ4v) is 1.88. The van der Waals surface area contributed by atoms with Crippen LogP contribution in [0, 0.1) is 12.7 Å². The minimum atomic E-state index is -0.516. The number of benzene rings is 1. The Morgan fingerprint density at radius 3 is 2.78 bits per heavy atom. The van der Waals surface area contributed by atoms with E-state index in [9.17, 15) is 14.0 Å². The molecule has 1 aromatic carbocycles. The Balaban J connectivity index is 2.27. The molecular formula is C11H9BrFN3O2. The van der Waals surface area contributed by atoms with Gasteiger partial charge < -0.3 is 15.3 Å². The first kappa shape index (κ1) is 12.6. The molecule has 5 nitrogen and oxygen atoms in total. The van der Waals surface area contributed by atoms with Crippen LogP contribution in [0.5, 0.6) is 0 Å². The molecule has 1 amide bonds. The maximum atomic E-state index is 13.4. The summed E-state index contributed by atoms with van der Waals surface area (Å²) in [4.78, 5) is 27.2. The summed E-state index contributed by atoms with van der Waals surface area (Å²) in [5.74, 6) is -0.989. The fraction of sp³-hybridized carbons (Fsp3) is 0.0909. The van der Waals surface area contributed by atoms with Gasteiger partial charge in [0.1, 0.15) is 11.5 Å². The molecule has 7 heteroatoms. The normalized spacial score (nSPS) is 10.4. The summed E-state index contributed by atoms with van der Waals surface area (Å²) < 4.78 is 13.7. The van der Waals surface area contributed by atoms with E-state index in [1.54, 1.807) is 13.0 Å². The van der Waals surface area contributed by atoms with Crippen LogP contribution >= 0.6 is 15.9 Å². The number of anilines is 1. The molecule has 0 bridgehead atoms. The summed E-state index contributed by atoms with van der Waals surface area (Å²) in [6.45, 7) is 1.74. The third-order valence-electron chi connectivity index (χ3n) is 2.36. The van der Waals surface area contributed by atoms with Crippen LogP contribution in [-0.4, -0.2) is 15.9 Å². The molecule has 0 aliphatic rings. The lowest BCUT2D eigenvalue weighted by Gasteiger charge is -2.08. The SMILES string of the molecule is Cc1cc(Br)c(F)cc1NC(=O)c1c[nH]c(=O)[nH]1. The highest BCUT2D eigenvalue weighted by Crippen LogP contribution is 2.24. The lowest BCUT2D eigenvalue weighted by Crippen LogP contribution is -2.15.